The maximum absolute atomic E-state index is 12.3. The van der Waals surface area contributed by atoms with Crippen LogP contribution in [0.1, 0.15) is 19.8 Å². The number of carbonyl (C=O) groups excluding carboxylic acids is 1. The number of halogens is 2. The third-order valence-electron chi connectivity index (χ3n) is 2.96. The van der Waals surface area contributed by atoms with E-state index >= 15 is 0 Å². The minimum atomic E-state index is -0.184. The van der Waals surface area contributed by atoms with Crippen LogP contribution in [0.2, 0.25) is 10.0 Å². The van der Waals surface area contributed by atoms with E-state index in [1.807, 2.05) is 0 Å². The number of carbonyl (C=O) groups is 1. The van der Waals surface area contributed by atoms with Gasteiger partial charge in [0.2, 0.25) is 0 Å². The topological polar surface area (TPSA) is 47.4 Å². The van der Waals surface area contributed by atoms with Crippen molar-refractivity contribution < 1.29 is 4.79 Å². The predicted octanol–water partition coefficient (Wildman–Crippen LogP) is 4.01. The second-order valence-corrected chi connectivity index (χ2v) is 5.34. The van der Waals surface area contributed by atoms with Crippen LogP contribution >= 0.6 is 23.2 Å². The predicted molar refractivity (Wildman–Crippen MR) is 78.5 cm³/mol. The zero-order valence-electron chi connectivity index (χ0n) is 10.6. The maximum atomic E-state index is 12.3. The highest BCUT2D eigenvalue weighted by Gasteiger charge is 2.34. The Morgan fingerprint density at radius 3 is 2.47 bits per heavy atom. The normalized spacial score (nSPS) is 15.5. The number of rotatable bonds is 4. The molecule has 1 aromatic rings. The Balaban J connectivity index is 2.24. The lowest BCUT2D eigenvalue weighted by Gasteiger charge is -2.18. The van der Waals surface area contributed by atoms with Crippen LogP contribution in [0.5, 0.6) is 0 Å². The quantitative estimate of drug-likeness (QED) is 0.897. The molecule has 1 saturated heterocycles. The molecule has 0 saturated carbocycles. The monoisotopic (exact) mass is 299 g/mol. The van der Waals surface area contributed by atoms with E-state index in [1.54, 1.807) is 23.1 Å². The highest BCUT2D eigenvalue weighted by molar-refractivity contribution is 6.35. The Kier molecular flexibility index (Phi) is 4.32. The van der Waals surface area contributed by atoms with Gasteiger partial charge in [0, 0.05) is 16.6 Å². The van der Waals surface area contributed by atoms with Gasteiger partial charge in [-0.05, 0) is 24.6 Å². The van der Waals surface area contributed by atoms with Gasteiger partial charge in [-0.1, -0.05) is 36.5 Å². The molecule has 0 bridgehead atoms. The number of anilines is 1. The van der Waals surface area contributed by atoms with Crippen LogP contribution in [0.15, 0.2) is 18.2 Å². The van der Waals surface area contributed by atoms with E-state index in [-0.39, 0.29) is 11.9 Å². The van der Waals surface area contributed by atoms with Crippen molar-refractivity contribution in [3.8, 4) is 0 Å². The first-order valence-corrected chi connectivity index (χ1v) is 6.91. The number of nitrogens with one attached hydrogen (secondary N) is 1. The van der Waals surface area contributed by atoms with Gasteiger partial charge >= 0.3 is 6.03 Å². The summed E-state index contributed by atoms with van der Waals surface area (Å²) in [5, 5.41) is 8.87. The molecule has 1 aliphatic rings. The van der Waals surface area contributed by atoms with Gasteiger partial charge in [-0.2, -0.15) is 0 Å². The molecule has 1 heterocycles. The molecule has 1 aliphatic heterocycles. The third kappa shape index (κ3) is 3.01. The molecule has 0 unspecified atom stereocenters. The van der Waals surface area contributed by atoms with Crippen LogP contribution in [-0.4, -0.2) is 29.9 Å². The largest absolute Gasteiger partial charge is 0.330 e. The minimum Gasteiger partial charge on any atom is -0.317 e. The van der Waals surface area contributed by atoms with Gasteiger partial charge in [-0.3, -0.25) is 5.41 Å². The van der Waals surface area contributed by atoms with Crippen LogP contribution < -0.4 is 4.90 Å². The fourth-order valence-corrected chi connectivity index (χ4v) is 2.55. The number of hydrogen-bond acceptors (Lipinski definition) is 2. The van der Waals surface area contributed by atoms with Gasteiger partial charge in [0.15, 0.2) is 0 Å². The van der Waals surface area contributed by atoms with E-state index in [0.717, 1.165) is 12.8 Å². The molecule has 0 aromatic heterocycles. The van der Waals surface area contributed by atoms with Gasteiger partial charge in [0.1, 0.15) is 5.84 Å². The number of urea groups is 1. The van der Waals surface area contributed by atoms with Crippen molar-refractivity contribution in [3.05, 3.63) is 28.2 Å². The SMILES string of the molecule is CCCCN1CC(=N)N(c2cc(Cl)cc(Cl)c2)C1=O. The first-order chi connectivity index (χ1) is 9.02. The smallest absolute Gasteiger partial charge is 0.317 e. The summed E-state index contributed by atoms with van der Waals surface area (Å²) in [7, 11) is 0. The van der Waals surface area contributed by atoms with Gasteiger partial charge in [0.25, 0.3) is 0 Å². The molecule has 102 valence electrons. The average Bonchev–Trinajstić information content (AvgIpc) is 2.60. The Morgan fingerprint density at radius 1 is 1.26 bits per heavy atom. The number of amidine groups is 1. The van der Waals surface area contributed by atoms with E-state index < -0.39 is 0 Å². The maximum Gasteiger partial charge on any atom is 0.330 e. The van der Waals surface area contributed by atoms with Crippen molar-refractivity contribution in [3.63, 3.8) is 0 Å². The average molecular weight is 300 g/mol. The van der Waals surface area contributed by atoms with Gasteiger partial charge in [0.05, 0.1) is 12.2 Å². The van der Waals surface area contributed by atoms with Crippen molar-refractivity contribution in [2.24, 2.45) is 0 Å². The molecule has 19 heavy (non-hydrogen) atoms. The Morgan fingerprint density at radius 2 is 1.89 bits per heavy atom. The van der Waals surface area contributed by atoms with Crippen LogP contribution in [-0.2, 0) is 0 Å². The molecular formula is C13H15Cl2N3O. The van der Waals surface area contributed by atoms with E-state index in [1.165, 1.54) is 4.90 Å². The number of hydrogen-bond donors (Lipinski definition) is 1. The van der Waals surface area contributed by atoms with Gasteiger partial charge < -0.3 is 4.90 Å². The Bertz CT molecular complexity index is 498. The lowest BCUT2D eigenvalue weighted by Crippen LogP contribution is -2.33. The van der Waals surface area contributed by atoms with Crippen molar-refractivity contribution >= 4 is 40.8 Å². The molecule has 4 nitrogen and oxygen atoms in total. The molecule has 6 heteroatoms. The van der Waals surface area contributed by atoms with Crippen molar-refractivity contribution in [1.82, 2.24) is 4.90 Å². The lowest BCUT2D eigenvalue weighted by atomic mass is 10.3. The summed E-state index contributed by atoms with van der Waals surface area (Å²) in [6, 6.07) is 4.70. The van der Waals surface area contributed by atoms with Crippen LogP contribution in [0.3, 0.4) is 0 Å². The van der Waals surface area contributed by atoms with E-state index in [4.69, 9.17) is 28.6 Å². The fourth-order valence-electron chi connectivity index (χ4n) is 2.03. The van der Waals surface area contributed by atoms with Crippen molar-refractivity contribution in [2.75, 3.05) is 18.0 Å². The van der Waals surface area contributed by atoms with E-state index in [9.17, 15) is 4.79 Å². The van der Waals surface area contributed by atoms with Crippen LogP contribution in [0.4, 0.5) is 10.5 Å². The summed E-state index contributed by atoms with van der Waals surface area (Å²) < 4.78 is 0. The summed E-state index contributed by atoms with van der Waals surface area (Å²) in [5.41, 5.74) is 0.548. The first kappa shape index (κ1) is 14.2. The molecule has 1 fully saturated rings. The van der Waals surface area contributed by atoms with Gasteiger partial charge in [-0.25, -0.2) is 9.69 Å². The minimum absolute atomic E-state index is 0.184. The molecule has 0 spiro atoms. The lowest BCUT2D eigenvalue weighted by molar-refractivity contribution is 0.220. The Hall–Kier alpha value is -1.26. The van der Waals surface area contributed by atoms with E-state index in [2.05, 4.69) is 6.92 Å². The third-order valence-corrected chi connectivity index (χ3v) is 3.40. The molecule has 0 aliphatic carbocycles. The molecule has 0 radical (unpaired) electrons. The highest BCUT2D eigenvalue weighted by Crippen LogP contribution is 2.28. The van der Waals surface area contributed by atoms with Crippen LogP contribution in [0, 0.1) is 5.41 Å². The fraction of sp³-hybridized carbons (Fsp3) is 0.385. The summed E-state index contributed by atoms with van der Waals surface area (Å²) in [4.78, 5) is 15.3. The highest BCUT2D eigenvalue weighted by atomic mass is 35.5. The molecular weight excluding hydrogens is 285 g/mol. The van der Waals surface area contributed by atoms with Crippen molar-refractivity contribution in [1.29, 1.82) is 5.41 Å². The van der Waals surface area contributed by atoms with Crippen LogP contribution in [0.25, 0.3) is 0 Å². The summed E-state index contributed by atoms with van der Waals surface area (Å²) >= 11 is 11.9. The molecule has 1 aromatic carbocycles. The number of unbranched alkanes of at least 4 members (excludes halogenated alkanes) is 1. The number of benzene rings is 1. The molecule has 1 N–H and O–H groups in total. The number of amides is 2. The van der Waals surface area contributed by atoms with Gasteiger partial charge in [-0.15, -0.1) is 0 Å². The zero-order valence-corrected chi connectivity index (χ0v) is 12.1. The standard InChI is InChI=1S/C13H15Cl2N3O/c1-2-3-4-17-8-12(16)18(13(17)19)11-6-9(14)5-10(15)7-11/h5-7,16H,2-4,8H2,1H3. The molecule has 2 amide bonds. The molecule has 2 rings (SSSR count). The number of nitrogens with zero attached hydrogens (tertiary/aromatic N) is 2. The van der Waals surface area contributed by atoms with Crippen molar-refractivity contribution in [2.45, 2.75) is 19.8 Å². The summed E-state index contributed by atoms with van der Waals surface area (Å²) in [6.45, 7) is 3.08. The van der Waals surface area contributed by atoms with E-state index in [0.29, 0.717) is 28.8 Å². The first-order valence-electron chi connectivity index (χ1n) is 6.15. The second-order valence-electron chi connectivity index (χ2n) is 4.47. The summed E-state index contributed by atoms with van der Waals surface area (Å²) in [5.74, 6) is 0.249. The summed E-state index contributed by atoms with van der Waals surface area (Å²) in [6.07, 6.45) is 1.95. The molecule has 0 atom stereocenters. The second kappa shape index (κ2) is 5.80. The Labute approximate surface area is 122 Å². The zero-order chi connectivity index (χ0) is 14.0.